The first-order valence-corrected chi connectivity index (χ1v) is 7.83. The van der Waals surface area contributed by atoms with Crippen LogP contribution in [0.3, 0.4) is 0 Å². The summed E-state index contributed by atoms with van der Waals surface area (Å²) in [5.41, 5.74) is 4.22. The smallest absolute Gasteiger partial charge is 0.0587 e. The zero-order chi connectivity index (χ0) is 13.9. The van der Waals surface area contributed by atoms with Crippen molar-refractivity contribution in [2.75, 3.05) is 31.7 Å². The first-order chi connectivity index (χ1) is 9.78. The average Bonchev–Trinajstić information content (AvgIpc) is 3.07. The molecular formula is C17H26N2O. The van der Waals surface area contributed by atoms with Gasteiger partial charge >= 0.3 is 0 Å². The maximum atomic E-state index is 5.06. The number of aryl methyl sites for hydroxylation is 1. The van der Waals surface area contributed by atoms with Gasteiger partial charge in [0.15, 0.2) is 0 Å². The van der Waals surface area contributed by atoms with Gasteiger partial charge in [-0.05, 0) is 55.4 Å². The van der Waals surface area contributed by atoms with Crippen molar-refractivity contribution in [3.05, 3.63) is 29.3 Å². The summed E-state index contributed by atoms with van der Waals surface area (Å²) in [6.07, 6.45) is 4.26. The molecule has 3 rings (SSSR count). The van der Waals surface area contributed by atoms with Crippen LogP contribution in [0.25, 0.3) is 0 Å². The van der Waals surface area contributed by atoms with Gasteiger partial charge in [0.2, 0.25) is 0 Å². The second kappa shape index (κ2) is 6.15. The predicted molar refractivity (Wildman–Crippen MR) is 83.2 cm³/mol. The molecule has 20 heavy (non-hydrogen) atoms. The van der Waals surface area contributed by atoms with Crippen LogP contribution in [0, 0.1) is 12.8 Å². The van der Waals surface area contributed by atoms with Crippen molar-refractivity contribution >= 4 is 5.69 Å². The summed E-state index contributed by atoms with van der Waals surface area (Å²) in [6.45, 7) is 6.11. The van der Waals surface area contributed by atoms with Crippen LogP contribution in [-0.2, 0) is 11.3 Å². The van der Waals surface area contributed by atoms with Gasteiger partial charge in [-0.25, -0.2) is 0 Å². The van der Waals surface area contributed by atoms with E-state index < -0.39 is 0 Å². The molecule has 1 aromatic carbocycles. The number of anilines is 1. The van der Waals surface area contributed by atoms with Crippen LogP contribution < -0.4 is 10.2 Å². The molecule has 2 fully saturated rings. The molecule has 1 N–H and O–H groups in total. The Morgan fingerprint density at radius 3 is 2.90 bits per heavy atom. The summed E-state index contributed by atoms with van der Waals surface area (Å²) in [7, 11) is 1.74. The van der Waals surface area contributed by atoms with E-state index in [2.05, 4.69) is 35.3 Å². The number of nitrogens with one attached hydrogen (secondary N) is 1. The molecule has 0 spiro atoms. The van der Waals surface area contributed by atoms with Crippen LogP contribution in [0.2, 0.25) is 0 Å². The molecular weight excluding hydrogens is 248 g/mol. The molecule has 1 saturated heterocycles. The molecule has 0 amide bonds. The highest BCUT2D eigenvalue weighted by molar-refractivity contribution is 5.53. The lowest BCUT2D eigenvalue weighted by Crippen LogP contribution is -2.31. The average molecular weight is 274 g/mol. The summed E-state index contributed by atoms with van der Waals surface area (Å²) < 4.78 is 5.06. The Balaban J connectivity index is 1.62. The normalized spacial score (nSPS) is 24.6. The molecule has 3 heteroatoms. The predicted octanol–water partition coefficient (Wildman–Crippen LogP) is 2.72. The molecule has 1 saturated carbocycles. The van der Waals surface area contributed by atoms with E-state index in [4.69, 9.17) is 4.74 Å². The number of nitrogens with zero attached hydrogens (tertiary/aromatic N) is 1. The summed E-state index contributed by atoms with van der Waals surface area (Å²) in [5, 5.41) is 3.42. The zero-order valence-corrected chi connectivity index (χ0v) is 12.7. The lowest BCUT2D eigenvalue weighted by Gasteiger charge is -2.29. The molecule has 110 valence electrons. The highest BCUT2D eigenvalue weighted by Crippen LogP contribution is 2.40. The van der Waals surface area contributed by atoms with E-state index in [1.807, 2.05) is 0 Å². The van der Waals surface area contributed by atoms with Gasteiger partial charge in [0, 0.05) is 38.5 Å². The minimum atomic E-state index is 0.772. The van der Waals surface area contributed by atoms with Gasteiger partial charge in [-0.1, -0.05) is 6.07 Å². The lowest BCUT2D eigenvalue weighted by atomic mass is 10.1. The molecule has 1 aliphatic heterocycles. The van der Waals surface area contributed by atoms with Gasteiger partial charge in [-0.3, -0.25) is 0 Å². The van der Waals surface area contributed by atoms with E-state index in [0.717, 1.165) is 31.7 Å². The minimum absolute atomic E-state index is 0.772. The quantitative estimate of drug-likeness (QED) is 0.807. The number of benzene rings is 1. The van der Waals surface area contributed by atoms with E-state index in [1.165, 1.54) is 42.6 Å². The van der Waals surface area contributed by atoms with E-state index >= 15 is 0 Å². The van der Waals surface area contributed by atoms with Crippen LogP contribution >= 0.6 is 0 Å². The lowest BCUT2D eigenvalue weighted by molar-refractivity contribution is 0.199. The SMILES string of the molecule is COCCNCc1ccc(N2CC3CCC2C3)cc1C. The van der Waals surface area contributed by atoms with Crippen molar-refractivity contribution in [2.24, 2.45) is 5.92 Å². The van der Waals surface area contributed by atoms with E-state index in [1.54, 1.807) is 7.11 Å². The highest BCUT2D eigenvalue weighted by atomic mass is 16.5. The Morgan fingerprint density at radius 2 is 2.25 bits per heavy atom. The van der Waals surface area contributed by atoms with Crippen molar-refractivity contribution in [2.45, 2.75) is 38.8 Å². The molecule has 1 heterocycles. The minimum Gasteiger partial charge on any atom is -0.383 e. The third-order valence-electron chi connectivity index (χ3n) is 4.87. The fourth-order valence-electron chi connectivity index (χ4n) is 3.70. The van der Waals surface area contributed by atoms with Gasteiger partial charge < -0.3 is 15.0 Å². The van der Waals surface area contributed by atoms with Crippen molar-refractivity contribution in [3.63, 3.8) is 0 Å². The topological polar surface area (TPSA) is 24.5 Å². The molecule has 1 aromatic rings. The second-order valence-corrected chi connectivity index (χ2v) is 6.27. The maximum absolute atomic E-state index is 5.06. The first kappa shape index (κ1) is 13.9. The molecule has 2 bridgehead atoms. The van der Waals surface area contributed by atoms with Crippen LogP contribution in [0.4, 0.5) is 5.69 Å². The summed E-state index contributed by atoms with van der Waals surface area (Å²) >= 11 is 0. The number of methoxy groups -OCH3 is 1. The third-order valence-corrected chi connectivity index (χ3v) is 4.87. The molecule has 2 unspecified atom stereocenters. The number of ether oxygens (including phenoxy) is 1. The molecule has 2 aliphatic rings. The van der Waals surface area contributed by atoms with Crippen molar-refractivity contribution < 1.29 is 4.74 Å². The Labute approximate surface area is 122 Å². The standard InChI is InChI=1S/C17H26N2O/c1-13-9-16(19-12-14-3-5-17(19)10-14)6-4-15(13)11-18-7-8-20-2/h4,6,9,14,17-18H,3,5,7-8,10-12H2,1-2H3. The van der Waals surface area contributed by atoms with E-state index in [9.17, 15) is 0 Å². The van der Waals surface area contributed by atoms with Gasteiger partial charge in [0.25, 0.3) is 0 Å². The summed E-state index contributed by atoms with van der Waals surface area (Å²) in [6, 6.07) is 7.77. The Hall–Kier alpha value is -1.06. The Morgan fingerprint density at radius 1 is 1.35 bits per heavy atom. The van der Waals surface area contributed by atoms with E-state index in [0.29, 0.717) is 0 Å². The second-order valence-electron chi connectivity index (χ2n) is 6.27. The number of rotatable bonds is 6. The Kier molecular flexibility index (Phi) is 4.27. The molecule has 3 nitrogen and oxygen atoms in total. The molecule has 0 aromatic heterocycles. The monoisotopic (exact) mass is 274 g/mol. The van der Waals surface area contributed by atoms with Gasteiger partial charge in [-0.2, -0.15) is 0 Å². The Bertz CT molecular complexity index is 460. The van der Waals surface area contributed by atoms with Crippen molar-refractivity contribution in [3.8, 4) is 0 Å². The van der Waals surface area contributed by atoms with Crippen LogP contribution in [0.5, 0.6) is 0 Å². The summed E-state index contributed by atoms with van der Waals surface area (Å²) in [5.74, 6) is 0.954. The molecule has 2 atom stereocenters. The summed E-state index contributed by atoms with van der Waals surface area (Å²) in [4.78, 5) is 2.63. The fourth-order valence-corrected chi connectivity index (χ4v) is 3.70. The number of hydrogen-bond donors (Lipinski definition) is 1. The number of fused-ring (bicyclic) bond motifs is 2. The largest absolute Gasteiger partial charge is 0.383 e. The van der Waals surface area contributed by atoms with Crippen LogP contribution in [-0.4, -0.2) is 32.8 Å². The van der Waals surface area contributed by atoms with Gasteiger partial charge in [0.05, 0.1) is 6.61 Å². The number of piperidine rings is 1. The fraction of sp³-hybridized carbons (Fsp3) is 0.647. The van der Waals surface area contributed by atoms with Crippen LogP contribution in [0.15, 0.2) is 18.2 Å². The molecule has 0 radical (unpaired) electrons. The van der Waals surface area contributed by atoms with Gasteiger partial charge in [0.1, 0.15) is 0 Å². The number of hydrogen-bond acceptors (Lipinski definition) is 3. The van der Waals surface area contributed by atoms with Gasteiger partial charge in [-0.15, -0.1) is 0 Å². The van der Waals surface area contributed by atoms with E-state index in [-0.39, 0.29) is 0 Å². The van der Waals surface area contributed by atoms with Crippen molar-refractivity contribution in [1.29, 1.82) is 0 Å². The van der Waals surface area contributed by atoms with Crippen molar-refractivity contribution in [1.82, 2.24) is 5.32 Å². The third kappa shape index (κ3) is 2.84. The maximum Gasteiger partial charge on any atom is 0.0587 e. The highest BCUT2D eigenvalue weighted by Gasteiger charge is 2.37. The van der Waals surface area contributed by atoms with Crippen LogP contribution in [0.1, 0.15) is 30.4 Å². The molecule has 1 aliphatic carbocycles. The zero-order valence-electron chi connectivity index (χ0n) is 12.7. The first-order valence-electron chi connectivity index (χ1n) is 7.83.